The van der Waals surface area contributed by atoms with Gasteiger partial charge in [-0.25, -0.2) is 0 Å². The van der Waals surface area contributed by atoms with Crippen LogP contribution in [0.1, 0.15) is 40.5 Å². The minimum atomic E-state index is 0.348. The lowest BCUT2D eigenvalue weighted by Crippen LogP contribution is -2.72. The summed E-state index contributed by atoms with van der Waals surface area (Å²) in [6, 6.07) is 0. The molecule has 1 N–H and O–H groups in total. The molecule has 3 fully saturated rings. The Morgan fingerprint density at radius 3 is 2.19 bits per heavy atom. The highest BCUT2D eigenvalue weighted by molar-refractivity contribution is 5.79. The fraction of sp³-hybridized carbons (Fsp3) is 0.941. The average Bonchev–Trinajstić information content (AvgIpc) is 2.38. The van der Waals surface area contributed by atoms with E-state index >= 15 is 0 Å². The molecule has 1 amide bonds. The van der Waals surface area contributed by atoms with Gasteiger partial charge in [-0.3, -0.25) is 9.69 Å². The Bertz CT molecular complexity index is 336. The third-order valence-electron chi connectivity index (χ3n) is 5.34. The van der Waals surface area contributed by atoms with Crippen LogP contribution in [0.15, 0.2) is 0 Å². The molecular weight excluding hydrogens is 262 g/mol. The first-order valence-corrected chi connectivity index (χ1v) is 8.79. The van der Waals surface area contributed by atoms with Crippen LogP contribution in [0.25, 0.3) is 0 Å². The Morgan fingerprint density at radius 1 is 1.19 bits per heavy atom. The van der Waals surface area contributed by atoms with Crippen molar-refractivity contribution >= 4 is 5.91 Å². The molecule has 0 bridgehead atoms. The molecule has 3 aliphatic heterocycles. The average molecular weight is 295 g/mol. The second kappa shape index (κ2) is 7.10. The molecule has 0 aromatic heterocycles. The highest BCUT2D eigenvalue weighted by Crippen LogP contribution is 2.34. The lowest BCUT2D eigenvalue weighted by molar-refractivity contribution is -0.148. The van der Waals surface area contributed by atoms with Gasteiger partial charge < -0.3 is 10.2 Å². The standard InChI is InChI=1S/C15H27N3O.C2H6/c1-12(2)13-3-5-17(6-4-13)7-14(19)18-10-15(11-18)8-16-9-15;1-2/h12-13,16H,3-11H2,1-2H3;1-2H3. The molecule has 4 heteroatoms. The van der Waals surface area contributed by atoms with E-state index < -0.39 is 0 Å². The summed E-state index contributed by atoms with van der Waals surface area (Å²) in [5.41, 5.74) is 0.459. The Kier molecular flexibility index (Phi) is 5.67. The van der Waals surface area contributed by atoms with Gasteiger partial charge in [0.2, 0.25) is 5.91 Å². The number of rotatable bonds is 3. The van der Waals surface area contributed by atoms with Crippen LogP contribution in [0, 0.1) is 17.3 Å². The fourth-order valence-electron chi connectivity index (χ4n) is 3.71. The molecule has 3 aliphatic rings. The first-order chi connectivity index (χ1) is 10.1. The van der Waals surface area contributed by atoms with Crippen LogP contribution in [0.2, 0.25) is 0 Å². The highest BCUT2D eigenvalue weighted by atomic mass is 16.2. The molecule has 0 unspecified atom stereocenters. The molecule has 0 saturated carbocycles. The lowest BCUT2D eigenvalue weighted by Gasteiger charge is -2.56. The van der Waals surface area contributed by atoms with Gasteiger partial charge in [-0.2, -0.15) is 0 Å². The number of carbonyl (C=O) groups is 1. The zero-order valence-corrected chi connectivity index (χ0v) is 14.3. The number of nitrogens with one attached hydrogen (secondary N) is 1. The summed E-state index contributed by atoms with van der Waals surface area (Å²) in [7, 11) is 0. The molecule has 3 saturated heterocycles. The summed E-state index contributed by atoms with van der Waals surface area (Å²) in [6.45, 7) is 15.7. The number of hydrogen-bond donors (Lipinski definition) is 1. The minimum absolute atomic E-state index is 0.348. The summed E-state index contributed by atoms with van der Waals surface area (Å²) in [6.07, 6.45) is 2.53. The van der Waals surface area contributed by atoms with Crippen molar-refractivity contribution in [3.8, 4) is 0 Å². The molecule has 0 radical (unpaired) electrons. The minimum Gasteiger partial charge on any atom is -0.340 e. The molecule has 0 aromatic carbocycles. The number of hydrogen-bond acceptors (Lipinski definition) is 3. The van der Waals surface area contributed by atoms with Crippen molar-refractivity contribution < 1.29 is 4.79 Å². The molecule has 0 aliphatic carbocycles. The van der Waals surface area contributed by atoms with Crippen LogP contribution >= 0.6 is 0 Å². The van der Waals surface area contributed by atoms with Gasteiger partial charge in [0.1, 0.15) is 0 Å². The molecule has 21 heavy (non-hydrogen) atoms. The van der Waals surface area contributed by atoms with E-state index in [9.17, 15) is 4.79 Å². The van der Waals surface area contributed by atoms with Gasteiger partial charge in [0.15, 0.2) is 0 Å². The Hall–Kier alpha value is -0.610. The normalized spacial score (nSPS) is 25.1. The van der Waals surface area contributed by atoms with Crippen molar-refractivity contribution in [1.29, 1.82) is 0 Å². The number of likely N-dealkylation sites (tertiary alicyclic amines) is 2. The maximum atomic E-state index is 12.2. The second-order valence-electron chi connectivity index (χ2n) is 7.21. The third kappa shape index (κ3) is 3.78. The van der Waals surface area contributed by atoms with E-state index in [2.05, 4.69) is 29.0 Å². The zero-order chi connectivity index (χ0) is 15.5. The van der Waals surface area contributed by atoms with Crippen molar-refractivity contribution in [3.63, 3.8) is 0 Å². The second-order valence-corrected chi connectivity index (χ2v) is 7.21. The molecule has 122 valence electrons. The molecule has 1 spiro atoms. The van der Waals surface area contributed by atoms with Crippen LogP contribution in [0.4, 0.5) is 0 Å². The van der Waals surface area contributed by atoms with Crippen molar-refractivity contribution in [2.75, 3.05) is 45.8 Å². The van der Waals surface area contributed by atoms with E-state index in [1.54, 1.807) is 0 Å². The van der Waals surface area contributed by atoms with Crippen LogP contribution in [-0.2, 0) is 4.79 Å². The summed E-state index contributed by atoms with van der Waals surface area (Å²) in [5.74, 6) is 2.00. The molecule has 3 rings (SSSR count). The first kappa shape index (κ1) is 16.8. The van der Waals surface area contributed by atoms with Crippen LogP contribution in [-0.4, -0.2) is 61.5 Å². The van der Waals surface area contributed by atoms with Crippen LogP contribution in [0.5, 0.6) is 0 Å². The quantitative estimate of drug-likeness (QED) is 0.862. The topological polar surface area (TPSA) is 35.6 Å². The fourth-order valence-corrected chi connectivity index (χ4v) is 3.71. The van der Waals surface area contributed by atoms with Gasteiger partial charge in [0, 0.05) is 31.6 Å². The van der Waals surface area contributed by atoms with Crippen LogP contribution < -0.4 is 5.32 Å². The van der Waals surface area contributed by atoms with Crippen molar-refractivity contribution in [3.05, 3.63) is 0 Å². The van der Waals surface area contributed by atoms with Gasteiger partial charge >= 0.3 is 0 Å². The summed E-state index contributed by atoms with van der Waals surface area (Å²) in [5, 5.41) is 3.31. The molecule has 4 nitrogen and oxygen atoms in total. The lowest BCUT2D eigenvalue weighted by atomic mass is 9.74. The largest absolute Gasteiger partial charge is 0.340 e. The van der Waals surface area contributed by atoms with Crippen molar-refractivity contribution in [2.24, 2.45) is 17.3 Å². The first-order valence-electron chi connectivity index (χ1n) is 8.79. The van der Waals surface area contributed by atoms with Gasteiger partial charge in [0.25, 0.3) is 0 Å². The Morgan fingerprint density at radius 2 is 1.76 bits per heavy atom. The van der Waals surface area contributed by atoms with Gasteiger partial charge in [0.05, 0.1) is 6.54 Å². The SMILES string of the molecule is CC.CC(C)C1CCN(CC(=O)N2CC3(CNC3)C2)CC1. The predicted molar refractivity (Wildman–Crippen MR) is 87.2 cm³/mol. The monoisotopic (exact) mass is 295 g/mol. The molecule has 3 heterocycles. The van der Waals surface area contributed by atoms with Crippen molar-refractivity contribution in [1.82, 2.24) is 15.1 Å². The van der Waals surface area contributed by atoms with E-state index in [1.165, 1.54) is 12.8 Å². The van der Waals surface area contributed by atoms with E-state index in [1.807, 2.05) is 13.8 Å². The summed E-state index contributed by atoms with van der Waals surface area (Å²) < 4.78 is 0. The van der Waals surface area contributed by atoms with E-state index in [-0.39, 0.29) is 0 Å². The highest BCUT2D eigenvalue weighted by Gasteiger charge is 2.49. The maximum Gasteiger partial charge on any atom is 0.236 e. The molecular formula is C17H33N3O. The van der Waals surface area contributed by atoms with E-state index in [0.29, 0.717) is 17.9 Å². The number of nitrogens with zero attached hydrogens (tertiary/aromatic N) is 2. The Balaban J connectivity index is 0.000000774. The molecule has 0 atom stereocenters. The smallest absolute Gasteiger partial charge is 0.236 e. The summed E-state index contributed by atoms with van der Waals surface area (Å²) >= 11 is 0. The number of carbonyl (C=O) groups excluding carboxylic acids is 1. The predicted octanol–water partition coefficient (Wildman–Crippen LogP) is 1.81. The van der Waals surface area contributed by atoms with Gasteiger partial charge in [-0.1, -0.05) is 27.7 Å². The van der Waals surface area contributed by atoms with E-state index in [4.69, 9.17) is 0 Å². The van der Waals surface area contributed by atoms with Gasteiger partial charge in [-0.15, -0.1) is 0 Å². The molecule has 0 aromatic rings. The maximum absolute atomic E-state index is 12.2. The van der Waals surface area contributed by atoms with Crippen molar-refractivity contribution in [2.45, 2.75) is 40.5 Å². The number of amides is 1. The zero-order valence-electron chi connectivity index (χ0n) is 14.3. The third-order valence-corrected chi connectivity index (χ3v) is 5.34. The van der Waals surface area contributed by atoms with E-state index in [0.717, 1.165) is 51.1 Å². The Labute approximate surface area is 130 Å². The summed E-state index contributed by atoms with van der Waals surface area (Å²) in [4.78, 5) is 16.6. The van der Waals surface area contributed by atoms with Crippen LogP contribution in [0.3, 0.4) is 0 Å². The van der Waals surface area contributed by atoms with Gasteiger partial charge in [-0.05, 0) is 37.8 Å². The number of piperidine rings is 1.